The van der Waals surface area contributed by atoms with E-state index in [1.165, 1.54) is 0 Å². The molecule has 2 fully saturated rings. The highest BCUT2D eigenvalue weighted by molar-refractivity contribution is 6.13. The second kappa shape index (κ2) is 9.60. The Morgan fingerprint density at radius 2 is 1.92 bits per heavy atom. The number of aryl methyl sites for hydroxylation is 1. The Labute approximate surface area is 215 Å². The summed E-state index contributed by atoms with van der Waals surface area (Å²) in [4.78, 5) is 29.6. The normalized spacial score (nSPS) is 22.0. The minimum Gasteiger partial charge on any atom is -0.484 e. The SMILES string of the molecule is Cc1cn2cc(NC(=O)c3ccc(N4C[C@H](C)N[C@@H](C)C4)c4nccnc34)cc(OC3CCOC3)c2n1. The number of amides is 1. The Kier molecular flexibility index (Phi) is 6.13. The van der Waals surface area contributed by atoms with E-state index in [1.54, 1.807) is 12.4 Å². The number of hydrogen-bond acceptors (Lipinski definition) is 8. The first-order chi connectivity index (χ1) is 17.9. The number of aromatic nitrogens is 4. The molecule has 5 heterocycles. The molecule has 2 aliphatic heterocycles. The van der Waals surface area contributed by atoms with Crippen LogP contribution in [0.1, 0.15) is 36.3 Å². The average molecular weight is 502 g/mol. The van der Waals surface area contributed by atoms with Crippen molar-refractivity contribution in [1.29, 1.82) is 0 Å². The zero-order chi connectivity index (χ0) is 25.5. The van der Waals surface area contributed by atoms with E-state index in [-0.39, 0.29) is 12.0 Å². The number of nitrogens with zero attached hydrogens (tertiary/aromatic N) is 5. The number of carbonyl (C=O) groups is 1. The number of rotatable bonds is 5. The van der Waals surface area contributed by atoms with E-state index in [0.29, 0.717) is 53.5 Å². The van der Waals surface area contributed by atoms with Gasteiger partial charge in [-0.2, -0.15) is 0 Å². The molecule has 1 amide bonds. The van der Waals surface area contributed by atoms with Gasteiger partial charge < -0.3 is 29.4 Å². The van der Waals surface area contributed by atoms with Gasteiger partial charge in [-0.3, -0.25) is 14.8 Å². The second-order valence-electron chi connectivity index (χ2n) is 10.0. The Bertz CT molecular complexity index is 1450. The minimum absolute atomic E-state index is 0.0334. The summed E-state index contributed by atoms with van der Waals surface area (Å²) >= 11 is 0. The lowest BCUT2D eigenvalue weighted by Gasteiger charge is -2.38. The van der Waals surface area contributed by atoms with Crippen molar-refractivity contribution >= 4 is 34.0 Å². The summed E-state index contributed by atoms with van der Waals surface area (Å²) in [6.45, 7) is 9.23. The molecule has 4 aromatic rings. The number of pyridine rings is 1. The van der Waals surface area contributed by atoms with Crippen molar-refractivity contribution in [3.05, 3.63) is 54.2 Å². The number of hydrogen-bond donors (Lipinski definition) is 2. The summed E-state index contributed by atoms with van der Waals surface area (Å²) in [5, 5.41) is 6.60. The molecule has 3 atom stereocenters. The van der Waals surface area contributed by atoms with E-state index in [4.69, 9.17) is 9.47 Å². The van der Waals surface area contributed by atoms with Gasteiger partial charge in [-0.05, 0) is 32.9 Å². The number of benzene rings is 1. The van der Waals surface area contributed by atoms with Crippen LogP contribution >= 0.6 is 0 Å². The maximum Gasteiger partial charge on any atom is 0.257 e. The molecule has 3 aromatic heterocycles. The lowest BCUT2D eigenvalue weighted by Crippen LogP contribution is -2.54. The fourth-order valence-corrected chi connectivity index (χ4v) is 5.33. The van der Waals surface area contributed by atoms with Crippen LogP contribution in [0.3, 0.4) is 0 Å². The summed E-state index contributed by atoms with van der Waals surface area (Å²) < 4.78 is 13.5. The van der Waals surface area contributed by atoms with Crippen molar-refractivity contribution < 1.29 is 14.3 Å². The van der Waals surface area contributed by atoms with Crippen LogP contribution in [-0.4, -0.2) is 69.8 Å². The zero-order valence-electron chi connectivity index (χ0n) is 21.3. The molecule has 2 N–H and O–H groups in total. The maximum absolute atomic E-state index is 13.5. The zero-order valence-corrected chi connectivity index (χ0v) is 21.3. The number of piperazine rings is 1. The van der Waals surface area contributed by atoms with E-state index in [0.717, 1.165) is 36.4 Å². The smallest absolute Gasteiger partial charge is 0.257 e. The molecular weight excluding hydrogens is 470 g/mol. The Morgan fingerprint density at radius 3 is 2.68 bits per heavy atom. The molecule has 192 valence electrons. The highest BCUT2D eigenvalue weighted by atomic mass is 16.5. The highest BCUT2D eigenvalue weighted by Gasteiger charge is 2.25. The number of ether oxygens (including phenoxy) is 2. The van der Waals surface area contributed by atoms with E-state index >= 15 is 0 Å². The van der Waals surface area contributed by atoms with Crippen LogP contribution in [0.15, 0.2) is 43.0 Å². The molecule has 2 saturated heterocycles. The van der Waals surface area contributed by atoms with E-state index < -0.39 is 0 Å². The molecule has 0 radical (unpaired) electrons. The summed E-state index contributed by atoms with van der Waals surface area (Å²) in [7, 11) is 0. The molecule has 0 aliphatic carbocycles. The van der Waals surface area contributed by atoms with Crippen LogP contribution in [0.25, 0.3) is 16.7 Å². The van der Waals surface area contributed by atoms with Gasteiger partial charge in [0.05, 0.1) is 35.8 Å². The number of imidazole rings is 1. The number of anilines is 2. The van der Waals surface area contributed by atoms with Crippen molar-refractivity contribution in [1.82, 2.24) is 24.7 Å². The first-order valence-corrected chi connectivity index (χ1v) is 12.7. The number of carbonyl (C=O) groups excluding carboxylic acids is 1. The predicted molar refractivity (Wildman–Crippen MR) is 142 cm³/mol. The monoisotopic (exact) mass is 501 g/mol. The third-order valence-corrected chi connectivity index (χ3v) is 6.82. The lowest BCUT2D eigenvalue weighted by molar-refractivity contribution is 0.102. The third kappa shape index (κ3) is 4.70. The van der Waals surface area contributed by atoms with Gasteiger partial charge in [0, 0.05) is 62.4 Å². The summed E-state index contributed by atoms with van der Waals surface area (Å²) in [5.74, 6) is 0.355. The molecule has 0 bridgehead atoms. The van der Waals surface area contributed by atoms with Gasteiger partial charge in [0.2, 0.25) is 0 Å². The Morgan fingerprint density at radius 1 is 1.14 bits per heavy atom. The summed E-state index contributed by atoms with van der Waals surface area (Å²) in [5.41, 5.74) is 4.95. The van der Waals surface area contributed by atoms with Gasteiger partial charge >= 0.3 is 0 Å². The fourth-order valence-electron chi connectivity index (χ4n) is 5.33. The molecular formula is C27H31N7O3. The van der Waals surface area contributed by atoms with Crippen molar-refractivity contribution in [2.45, 2.75) is 45.4 Å². The van der Waals surface area contributed by atoms with Crippen LogP contribution in [0, 0.1) is 6.92 Å². The minimum atomic E-state index is -0.259. The van der Waals surface area contributed by atoms with Crippen LogP contribution in [-0.2, 0) is 4.74 Å². The first-order valence-electron chi connectivity index (χ1n) is 12.7. The quantitative estimate of drug-likeness (QED) is 0.430. The molecule has 6 rings (SSSR count). The molecule has 10 heteroatoms. The van der Waals surface area contributed by atoms with Crippen molar-refractivity contribution in [2.75, 3.05) is 36.5 Å². The average Bonchev–Trinajstić information content (AvgIpc) is 3.51. The van der Waals surface area contributed by atoms with Gasteiger partial charge in [-0.1, -0.05) is 0 Å². The molecule has 10 nitrogen and oxygen atoms in total. The largest absolute Gasteiger partial charge is 0.484 e. The molecule has 2 aliphatic rings. The lowest BCUT2D eigenvalue weighted by atomic mass is 10.1. The number of fused-ring (bicyclic) bond motifs is 2. The Balaban J connectivity index is 1.32. The van der Waals surface area contributed by atoms with Crippen molar-refractivity contribution in [2.24, 2.45) is 0 Å². The highest BCUT2D eigenvalue weighted by Crippen LogP contribution is 2.30. The fraction of sp³-hybridized carbons (Fsp3) is 0.407. The van der Waals surface area contributed by atoms with Crippen LogP contribution in [0.4, 0.5) is 11.4 Å². The van der Waals surface area contributed by atoms with Gasteiger partial charge in [0.1, 0.15) is 17.1 Å². The second-order valence-corrected chi connectivity index (χ2v) is 10.0. The topological polar surface area (TPSA) is 106 Å². The first kappa shape index (κ1) is 23.6. The summed E-state index contributed by atoms with van der Waals surface area (Å²) in [6.07, 6.45) is 7.85. The van der Waals surface area contributed by atoms with Gasteiger partial charge in [0.15, 0.2) is 11.4 Å². The number of nitrogens with one attached hydrogen (secondary N) is 2. The van der Waals surface area contributed by atoms with Crippen LogP contribution in [0.2, 0.25) is 0 Å². The molecule has 0 saturated carbocycles. The van der Waals surface area contributed by atoms with Gasteiger partial charge in [-0.15, -0.1) is 0 Å². The van der Waals surface area contributed by atoms with E-state index in [2.05, 4.69) is 44.3 Å². The van der Waals surface area contributed by atoms with Crippen molar-refractivity contribution in [3.63, 3.8) is 0 Å². The van der Waals surface area contributed by atoms with Crippen LogP contribution in [0.5, 0.6) is 5.75 Å². The standard InChI is InChI=1S/C27H31N7O3/c1-16-11-33(12-17(2)30-16)22-5-4-21(24-25(22)29-8-7-28-24)27(35)32-19-10-23(37-20-6-9-36-15-20)26-31-18(3)13-34(26)14-19/h4-5,7-8,10,13-14,16-17,20,30H,6,9,11-12,15H2,1-3H3,(H,32,35)/t16-,17-,20?/m0/s1. The Hall–Kier alpha value is -3.76. The third-order valence-electron chi connectivity index (χ3n) is 6.82. The molecule has 1 unspecified atom stereocenters. The van der Waals surface area contributed by atoms with Gasteiger partial charge in [0.25, 0.3) is 5.91 Å². The molecule has 37 heavy (non-hydrogen) atoms. The van der Waals surface area contributed by atoms with Crippen molar-refractivity contribution in [3.8, 4) is 5.75 Å². The molecule has 0 spiro atoms. The maximum atomic E-state index is 13.5. The van der Waals surface area contributed by atoms with E-state index in [9.17, 15) is 4.79 Å². The van der Waals surface area contributed by atoms with Gasteiger partial charge in [-0.25, -0.2) is 4.98 Å². The predicted octanol–water partition coefficient (Wildman–Crippen LogP) is 3.19. The molecule has 1 aromatic carbocycles. The van der Waals surface area contributed by atoms with E-state index in [1.807, 2.05) is 41.9 Å². The van der Waals surface area contributed by atoms with Crippen LogP contribution < -0.4 is 20.3 Å². The summed E-state index contributed by atoms with van der Waals surface area (Å²) in [6, 6.07) is 6.35.